The van der Waals surface area contributed by atoms with Gasteiger partial charge in [-0.2, -0.15) is 0 Å². The molecule has 1 atom stereocenters. The van der Waals surface area contributed by atoms with Crippen LogP contribution in [0.2, 0.25) is 0 Å². The number of carbonyl (C=O) groups is 2. The van der Waals surface area contributed by atoms with Gasteiger partial charge in [0.2, 0.25) is 11.8 Å². The molecule has 4 nitrogen and oxygen atoms in total. The van der Waals surface area contributed by atoms with Crippen molar-refractivity contribution in [1.29, 1.82) is 0 Å². The molecule has 1 aliphatic heterocycles. The quantitative estimate of drug-likeness (QED) is 0.763. The number of nitrogens with zero attached hydrogens (tertiary/aromatic N) is 1. The van der Waals surface area contributed by atoms with Crippen LogP contribution in [-0.2, 0) is 9.59 Å². The Morgan fingerprint density at radius 1 is 1.27 bits per heavy atom. The first kappa shape index (κ1) is 20.5. The number of rotatable bonds is 5. The topological polar surface area (TPSA) is 49.4 Å². The van der Waals surface area contributed by atoms with Gasteiger partial charge in [-0.25, -0.2) is 0 Å². The monoisotopic (exact) mass is 358 g/mol. The molecule has 1 saturated heterocycles. The number of likely N-dealkylation sites (tertiary alicyclic amines) is 1. The zero-order valence-electron chi connectivity index (χ0n) is 17.2. The molecule has 0 bridgehead atoms. The minimum Gasteiger partial charge on any atom is -0.339 e. The molecule has 0 aromatic heterocycles. The van der Waals surface area contributed by atoms with Crippen molar-refractivity contribution in [3.63, 3.8) is 0 Å². The number of piperidine rings is 1. The Morgan fingerprint density at radius 3 is 2.58 bits per heavy atom. The lowest BCUT2D eigenvalue weighted by atomic mass is 9.87. The lowest BCUT2D eigenvalue weighted by molar-refractivity contribution is -0.149. The van der Waals surface area contributed by atoms with E-state index in [1.807, 2.05) is 30.0 Å². The van der Waals surface area contributed by atoms with Gasteiger partial charge in [0.15, 0.2) is 0 Å². The van der Waals surface area contributed by atoms with E-state index in [-0.39, 0.29) is 17.9 Å². The summed E-state index contributed by atoms with van der Waals surface area (Å²) in [6, 6.07) is 6.30. The van der Waals surface area contributed by atoms with Crippen LogP contribution in [0, 0.1) is 12.3 Å². The molecule has 0 radical (unpaired) electrons. The standard InChI is InChI=1S/C22H34N2O2/c1-7-17-12-8-9-14-24(17)21(26)22(5,6)20(25)23-19-16(4)11-10-13-18(19)15(2)3/h10-11,13,15,17H,7-9,12,14H2,1-6H3,(H,23,25). The third kappa shape index (κ3) is 4.11. The maximum atomic E-state index is 13.2. The van der Waals surface area contributed by atoms with Crippen molar-refractivity contribution in [1.82, 2.24) is 4.90 Å². The van der Waals surface area contributed by atoms with E-state index in [4.69, 9.17) is 0 Å². The lowest BCUT2D eigenvalue weighted by Crippen LogP contribution is -2.52. The van der Waals surface area contributed by atoms with Crippen molar-refractivity contribution in [2.24, 2.45) is 5.41 Å². The van der Waals surface area contributed by atoms with Gasteiger partial charge in [0.05, 0.1) is 0 Å². The third-order valence-corrected chi connectivity index (χ3v) is 5.63. The van der Waals surface area contributed by atoms with Crippen LogP contribution in [0.25, 0.3) is 0 Å². The summed E-state index contributed by atoms with van der Waals surface area (Å²) >= 11 is 0. The fraction of sp³-hybridized carbons (Fsp3) is 0.636. The third-order valence-electron chi connectivity index (χ3n) is 5.63. The summed E-state index contributed by atoms with van der Waals surface area (Å²) in [6.45, 7) is 12.6. The Bertz CT molecular complexity index is 664. The second-order valence-corrected chi connectivity index (χ2v) is 8.33. The molecule has 1 N–H and O–H groups in total. The fourth-order valence-electron chi connectivity index (χ4n) is 3.76. The molecule has 0 aliphatic carbocycles. The number of hydrogen-bond donors (Lipinski definition) is 1. The van der Waals surface area contributed by atoms with Gasteiger partial charge in [-0.1, -0.05) is 39.0 Å². The highest BCUT2D eigenvalue weighted by Gasteiger charge is 2.41. The molecule has 2 rings (SSSR count). The first-order valence-electron chi connectivity index (χ1n) is 9.92. The highest BCUT2D eigenvalue weighted by atomic mass is 16.2. The van der Waals surface area contributed by atoms with Gasteiger partial charge in [-0.05, 0) is 63.5 Å². The Hall–Kier alpha value is -1.84. The predicted octanol–water partition coefficient (Wildman–Crippen LogP) is 4.87. The van der Waals surface area contributed by atoms with Crippen molar-refractivity contribution >= 4 is 17.5 Å². The molecule has 144 valence electrons. The minimum atomic E-state index is -1.08. The molecule has 1 unspecified atom stereocenters. The maximum absolute atomic E-state index is 13.2. The van der Waals surface area contributed by atoms with Gasteiger partial charge in [0, 0.05) is 18.3 Å². The first-order chi connectivity index (χ1) is 12.2. The van der Waals surface area contributed by atoms with Crippen LogP contribution in [-0.4, -0.2) is 29.3 Å². The van der Waals surface area contributed by atoms with Crippen LogP contribution < -0.4 is 5.32 Å². The Morgan fingerprint density at radius 2 is 1.96 bits per heavy atom. The summed E-state index contributed by atoms with van der Waals surface area (Å²) < 4.78 is 0. The van der Waals surface area contributed by atoms with Crippen LogP contribution in [0.4, 0.5) is 5.69 Å². The van der Waals surface area contributed by atoms with Gasteiger partial charge in [0.1, 0.15) is 5.41 Å². The molecule has 1 fully saturated rings. The second kappa shape index (κ2) is 8.24. The highest BCUT2D eigenvalue weighted by Crippen LogP contribution is 2.31. The summed E-state index contributed by atoms with van der Waals surface area (Å²) in [6.07, 6.45) is 4.17. The van der Waals surface area contributed by atoms with E-state index >= 15 is 0 Å². The molecule has 26 heavy (non-hydrogen) atoms. The summed E-state index contributed by atoms with van der Waals surface area (Å²) in [4.78, 5) is 28.2. The van der Waals surface area contributed by atoms with Crippen LogP contribution in [0.15, 0.2) is 18.2 Å². The van der Waals surface area contributed by atoms with E-state index in [1.165, 1.54) is 0 Å². The van der Waals surface area contributed by atoms with E-state index in [0.717, 1.165) is 49.0 Å². The van der Waals surface area contributed by atoms with Gasteiger partial charge < -0.3 is 10.2 Å². The zero-order valence-corrected chi connectivity index (χ0v) is 17.2. The van der Waals surface area contributed by atoms with E-state index in [0.29, 0.717) is 5.92 Å². The molecular weight excluding hydrogens is 324 g/mol. The molecule has 1 aromatic rings. The number of benzene rings is 1. The van der Waals surface area contributed by atoms with Gasteiger partial charge in [-0.15, -0.1) is 0 Å². The second-order valence-electron chi connectivity index (χ2n) is 8.33. The summed E-state index contributed by atoms with van der Waals surface area (Å²) in [5.41, 5.74) is 1.89. The molecule has 0 saturated carbocycles. The summed E-state index contributed by atoms with van der Waals surface area (Å²) in [7, 11) is 0. The number of hydrogen-bond acceptors (Lipinski definition) is 2. The van der Waals surface area contributed by atoms with Crippen molar-refractivity contribution in [3.05, 3.63) is 29.3 Å². The van der Waals surface area contributed by atoms with Crippen LogP contribution in [0.5, 0.6) is 0 Å². The van der Waals surface area contributed by atoms with Crippen LogP contribution >= 0.6 is 0 Å². The molecule has 2 amide bonds. The number of para-hydroxylation sites is 1. The Balaban J connectivity index is 2.24. The van der Waals surface area contributed by atoms with Crippen molar-refractivity contribution in [2.45, 2.75) is 79.2 Å². The van der Waals surface area contributed by atoms with E-state index < -0.39 is 5.41 Å². The molecule has 1 aromatic carbocycles. The summed E-state index contributed by atoms with van der Waals surface area (Å²) in [5, 5.41) is 3.07. The smallest absolute Gasteiger partial charge is 0.239 e. The number of anilines is 1. The number of aryl methyl sites for hydroxylation is 1. The average molecular weight is 359 g/mol. The number of carbonyl (C=O) groups excluding carboxylic acids is 2. The highest BCUT2D eigenvalue weighted by molar-refractivity contribution is 6.10. The van der Waals surface area contributed by atoms with Gasteiger partial charge in [0.25, 0.3) is 0 Å². The Labute approximate surface area is 158 Å². The van der Waals surface area contributed by atoms with Crippen molar-refractivity contribution in [2.75, 3.05) is 11.9 Å². The molecule has 1 heterocycles. The SMILES string of the molecule is CCC1CCCCN1C(=O)C(C)(C)C(=O)Nc1c(C)cccc1C(C)C. The van der Waals surface area contributed by atoms with Crippen LogP contribution in [0.3, 0.4) is 0 Å². The summed E-state index contributed by atoms with van der Waals surface area (Å²) in [5.74, 6) is 0.0240. The Kier molecular flexibility index (Phi) is 6.48. The molecule has 0 spiro atoms. The minimum absolute atomic E-state index is 0.0544. The van der Waals surface area contributed by atoms with Crippen molar-refractivity contribution in [3.8, 4) is 0 Å². The number of amides is 2. The van der Waals surface area contributed by atoms with Crippen molar-refractivity contribution < 1.29 is 9.59 Å². The maximum Gasteiger partial charge on any atom is 0.239 e. The normalized spacial score (nSPS) is 18.1. The average Bonchev–Trinajstić information content (AvgIpc) is 2.62. The van der Waals surface area contributed by atoms with E-state index in [9.17, 15) is 9.59 Å². The lowest BCUT2D eigenvalue weighted by Gasteiger charge is -2.39. The van der Waals surface area contributed by atoms with Crippen LogP contribution in [0.1, 0.15) is 77.3 Å². The molecule has 1 aliphatic rings. The fourth-order valence-corrected chi connectivity index (χ4v) is 3.76. The number of nitrogens with one attached hydrogen (secondary N) is 1. The zero-order chi connectivity index (χ0) is 19.5. The predicted molar refractivity (Wildman–Crippen MR) is 107 cm³/mol. The van der Waals surface area contributed by atoms with E-state index in [1.54, 1.807) is 13.8 Å². The van der Waals surface area contributed by atoms with Gasteiger partial charge >= 0.3 is 0 Å². The van der Waals surface area contributed by atoms with Gasteiger partial charge in [-0.3, -0.25) is 9.59 Å². The molecular formula is C22H34N2O2. The van der Waals surface area contributed by atoms with E-state index in [2.05, 4.69) is 26.1 Å². The molecule has 4 heteroatoms. The first-order valence-corrected chi connectivity index (χ1v) is 9.92. The largest absolute Gasteiger partial charge is 0.339 e.